The Balaban J connectivity index is 2.35. The highest BCUT2D eigenvalue weighted by atomic mass is 35.5. The molecule has 1 aliphatic heterocycles. The van der Waals surface area contributed by atoms with E-state index in [0.29, 0.717) is 11.1 Å². The lowest BCUT2D eigenvalue weighted by molar-refractivity contribution is 0.508. The summed E-state index contributed by atoms with van der Waals surface area (Å²) in [6.07, 6.45) is 2.50. The van der Waals surface area contributed by atoms with Gasteiger partial charge in [-0.3, -0.25) is 9.29 Å². The molecule has 0 fully saturated rings. The van der Waals surface area contributed by atoms with Crippen LogP contribution in [0.15, 0.2) is 30.5 Å². The lowest BCUT2D eigenvalue weighted by Gasteiger charge is -2.26. The highest BCUT2D eigenvalue weighted by molar-refractivity contribution is 8.00. The van der Waals surface area contributed by atoms with Gasteiger partial charge in [0.15, 0.2) is 15.6 Å². The van der Waals surface area contributed by atoms with Crippen LogP contribution in [0, 0.1) is 6.92 Å². The molecular weight excluding hydrogens is 424 g/mol. The van der Waals surface area contributed by atoms with Crippen LogP contribution in [0.5, 0.6) is 0 Å². The Hall–Kier alpha value is -2.10. The van der Waals surface area contributed by atoms with Crippen molar-refractivity contribution >= 4 is 47.8 Å². The Morgan fingerprint density at radius 1 is 1.29 bits per heavy atom. The van der Waals surface area contributed by atoms with Gasteiger partial charge in [0.25, 0.3) is 0 Å². The fourth-order valence-corrected chi connectivity index (χ4v) is 6.53. The molecular formula is C18H19ClN2O5S2. The van der Waals surface area contributed by atoms with E-state index in [1.165, 1.54) is 12.3 Å². The van der Waals surface area contributed by atoms with Crippen molar-refractivity contribution in [1.82, 2.24) is 4.98 Å². The van der Waals surface area contributed by atoms with Gasteiger partial charge in [0, 0.05) is 18.3 Å². The number of halogens is 1. The molecule has 0 aliphatic carbocycles. The van der Waals surface area contributed by atoms with Crippen molar-refractivity contribution in [2.45, 2.75) is 19.6 Å². The van der Waals surface area contributed by atoms with Gasteiger partial charge in [-0.2, -0.15) is 0 Å². The number of pyridine rings is 1. The van der Waals surface area contributed by atoms with E-state index in [0.717, 1.165) is 10.6 Å². The Morgan fingerprint density at radius 3 is 2.57 bits per heavy atom. The zero-order valence-electron chi connectivity index (χ0n) is 15.5. The average molecular weight is 443 g/mol. The Labute approximate surface area is 169 Å². The minimum absolute atomic E-state index is 0.0400. The first-order chi connectivity index (χ1) is 13.0. The third kappa shape index (κ3) is 3.38. The highest BCUT2D eigenvalue weighted by Gasteiger charge is 2.35. The van der Waals surface area contributed by atoms with E-state index in [1.54, 1.807) is 32.0 Å². The minimum Gasteiger partial charge on any atom is -0.504 e. The number of anilines is 1. The van der Waals surface area contributed by atoms with Crippen molar-refractivity contribution in [3.05, 3.63) is 57.9 Å². The maximum absolute atomic E-state index is 12.9. The summed E-state index contributed by atoms with van der Waals surface area (Å²) in [5.41, 5.74) is 1.34. The van der Waals surface area contributed by atoms with Crippen molar-refractivity contribution in [3.63, 3.8) is 0 Å². The van der Waals surface area contributed by atoms with Crippen LogP contribution in [0.25, 0.3) is 10.7 Å². The Bertz CT molecular complexity index is 1200. The predicted molar refractivity (Wildman–Crippen MR) is 110 cm³/mol. The third-order valence-corrected chi connectivity index (χ3v) is 7.84. The summed E-state index contributed by atoms with van der Waals surface area (Å²) in [5.74, 6) is -0.834. The van der Waals surface area contributed by atoms with Crippen LogP contribution in [0.3, 0.4) is 0 Å². The van der Waals surface area contributed by atoms with Gasteiger partial charge in [-0.05, 0) is 31.0 Å². The monoisotopic (exact) mass is 442 g/mol. The van der Waals surface area contributed by atoms with Crippen molar-refractivity contribution in [2.24, 2.45) is 0 Å². The summed E-state index contributed by atoms with van der Waals surface area (Å²) < 4.78 is 51.3. The van der Waals surface area contributed by atoms with Gasteiger partial charge in [0.2, 0.25) is 10.0 Å². The molecule has 150 valence electrons. The summed E-state index contributed by atoms with van der Waals surface area (Å²) in [6.45, 7) is 3.45. The number of aryl methyl sites for hydroxylation is 1. The average Bonchev–Trinajstić information content (AvgIpc) is 2.58. The van der Waals surface area contributed by atoms with Crippen molar-refractivity contribution in [3.8, 4) is 0 Å². The van der Waals surface area contributed by atoms with Crippen molar-refractivity contribution in [1.29, 1.82) is 0 Å². The number of rotatable bonds is 4. The zero-order chi connectivity index (χ0) is 20.9. The fourth-order valence-electron chi connectivity index (χ4n) is 3.30. The molecule has 0 saturated heterocycles. The number of hydrogen-bond acceptors (Lipinski definition) is 6. The first-order valence-corrected chi connectivity index (χ1v) is 12.2. The number of aromatic nitrogens is 1. The summed E-state index contributed by atoms with van der Waals surface area (Å²) >= 11 is 6.51. The molecule has 0 bridgehead atoms. The van der Waals surface area contributed by atoms with E-state index in [9.17, 15) is 21.9 Å². The molecule has 0 spiro atoms. The third-order valence-electron chi connectivity index (χ3n) is 4.49. The molecule has 3 rings (SSSR count). The van der Waals surface area contributed by atoms with Gasteiger partial charge in [-0.25, -0.2) is 16.8 Å². The lowest BCUT2D eigenvalue weighted by Crippen LogP contribution is -2.30. The van der Waals surface area contributed by atoms with E-state index in [2.05, 4.69) is 4.98 Å². The van der Waals surface area contributed by atoms with Crippen LogP contribution in [0.1, 0.15) is 29.3 Å². The number of sulfonamides is 1. The smallest absolute Gasteiger partial charge is 0.232 e. The van der Waals surface area contributed by atoms with E-state index >= 15 is 0 Å². The highest BCUT2D eigenvalue weighted by Crippen LogP contribution is 2.43. The van der Waals surface area contributed by atoms with Crippen molar-refractivity contribution < 1.29 is 21.9 Å². The van der Waals surface area contributed by atoms with Gasteiger partial charge < -0.3 is 5.11 Å². The molecule has 0 atom stereocenters. The molecule has 0 radical (unpaired) electrons. The van der Waals surface area contributed by atoms with E-state index in [1.807, 2.05) is 0 Å². The number of sulfone groups is 1. The van der Waals surface area contributed by atoms with Crippen LogP contribution < -0.4 is 4.31 Å². The number of aliphatic hydroxyl groups is 1. The lowest BCUT2D eigenvalue weighted by atomic mass is 10.1. The van der Waals surface area contributed by atoms with Gasteiger partial charge in [-0.1, -0.05) is 29.8 Å². The SMILES string of the molecule is CCN(c1c(C)ccc(C2=C(O)c3ncccc3CS2(=O)=O)c1Cl)S(C)(=O)=O. The first-order valence-electron chi connectivity index (χ1n) is 8.36. The van der Waals surface area contributed by atoms with E-state index < -0.39 is 25.6 Å². The molecule has 0 saturated carbocycles. The van der Waals surface area contributed by atoms with E-state index in [-0.39, 0.29) is 39.2 Å². The summed E-state index contributed by atoms with van der Waals surface area (Å²) in [5, 5.41) is 10.6. The van der Waals surface area contributed by atoms with Gasteiger partial charge in [0.05, 0.1) is 22.7 Å². The van der Waals surface area contributed by atoms with Crippen LogP contribution in [-0.2, 0) is 25.6 Å². The molecule has 1 N–H and O–H groups in total. The normalized spacial score (nSPS) is 16.0. The molecule has 28 heavy (non-hydrogen) atoms. The largest absolute Gasteiger partial charge is 0.504 e. The molecule has 0 amide bonds. The summed E-state index contributed by atoms with van der Waals surface area (Å²) in [6, 6.07) is 6.22. The Morgan fingerprint density at radius 2 is 1.96 bits per heavy atom. The van der Waals surface area contributed by atoms with Gasteiger partial charge in [0.1, 0.15) is 10.6 Å². The van der Waals surface area contributed by atoms with Crippen LogP contribution in [0.4, 0.5) is 5.69 Å². The summed E-state index contributed by atoms with van der Waals surface area (Å²) in [4.78, 5) is 3.73. The van der Waals surface area contributed by atoms with Crippen LogP contribution >= 0.6 is 11.6 Å². The Kier molecular flexibility index (Phi) is 5.20. The molecule has 2 heterocycles. The topological polar surface area (TPSA) is 105 Å². The molecule has 0 unspecified atom stereocenters. The second-order valence-corrected chi connectivity index (χ2v) is 10.7. The number of benzene rings is 1. The predicted octanol–water partition coefficient (Wildman–Crippen LogP) is 3.14. The second-order valence-electron chi connectivity index (χ2n) is 6.47. The number of aliphatic hydroxyl groups excluding tert-OH is 1. The molecule has 2 aromatic rings. The minimum atomic E-state index is -3.92. The number of fused-ring (bicyclic) bond motifs is 1. The maximum Gasteiger partial charge on any atom is 0.232 e. The molecule has 10 heteroatoms. The number of hydrogen-bond donors (Lipinski definition) is 1. The quantitative estimate of drug-likeness (QED) is 0.779. The van der Waals surface area contributed by atoms with E-state index in [4.69, 9.17) is 11.6 Å². The van der Waals surface area contributed by atoms with Gasteiger partial charge >= 0.3 is 0 Å². The number of nitrogens with zero attached hydrogens (tertiary/aromatic N) is 2. The second kappa shape index (κ2) is 7.06. The molecule has 1 aromatic carbocycles. The van der Waals surface area contributed by atoms with Crippen LogP contribution in [0.2, 0.25) is 5.02 Å². The molecule has 1 aromatic heterocycles. The zero-order valence-corrected chi connectivity index (χ0v) is 17.9. The van der Waals surface area contributed by atoms with Crippen molar-refractivity contribution in [2.75, 3.05) is 17.1 Å². The molecule has 1 aliphatic rings. The molecule has 7 nitrogen and oxygen atoms in total. The summed E-state index contributed by atoms with van der Waals surface area (Å²) in [7, 11) is -7.56. The maximum atomic E-state index is 12.9. The fraction of sp³-hybridized carbons (Fsp3) is 0.278. The standard InChI is InChI=1S/C18H19ClN2O5S2/c1-4-21(27(3,23)24)16-11(2)7-8-13(14(16)19)18-17(22)15-12(6-5-9-20-15)10-28(18,25)26/h5-9,22H,4,10H2,1-3H3. The first kappa shape index (κ1) is 20.6. The van der Waals surface area contributed by atoms with Crippen LogP contribution in [-0.4, -0.2) is 39.7 Å². The van der Waals surface area contributed by atoms with Gasteiger partial charge in [-0.15, -0.1) is 0 Å².